The Morgan fingerprint density at radius 2 is 1.83 bits per heavy atom. The smallest absolute Gasteiger partial charge is 0.163 e. The average molecular weight is 497 g/mol. The van der Waals surface area contributed by atoms with Crippen LogP contribution in [-0.4, -0.2) is 33.6 Å². The number of rotatable bonds is 10. The van der Waals surface area contributed by atoms with Crippen LogP contribution in [0.4, 0.5) is 0 Å². The number of halogens is 1. The number of imidazole rings is 1. The molecule has 0 amide bonds. The molecule has 0 aliphatic carbocycles. The van der Waals surface area contributed by atoms with E-state index in [1.807, 2.05) is 20.8 Å². The van der Waals surface area contributed by atoms with E-state index in [1.165, 1.54) is 0 Å². The molecule has 0 spiro atoms. The van der Waals surface area contributed by atoms with Gasteiger partial charge in [-0.2, -0.15) is 0 Å². The first-order valence-electron chi connectivity index (χ1n) is 12.2. The first-order valence-corrected chi connectivity index (χ1v) is 12.6. The van der Waals surface area contributed by atoms with Crippen LogP contribution in [0, 0.1) is 12.8 Å². The van der Waals surface area contributed by atoms with Gasteiger partial charge in [-0.05, 0) is 63.3 Å². The highest BCUT2D eigenvalue weighted by Crippen LogP contribution is 2.29. The summed E-state index contributed by atoms with van der Waals surface area (Å²) in [5.41, 5.74) is 4.72. The van der Waals surface area contributed by atoms with Crippen LogP contribution < -0.4 is 4.74 Å². The fraction of sp³-hybridized carbons (Fsp3) is 0.448. The third kappa shape index (κ3) is 7.18. The molecule has 0 saturated heterocycles. The Hall–Kier alpha value is -2.63. The zero-order valence-electron chi connectivity index (χ0n) is 21.6. The molecule has 35 heavy (non-hydrogen) atoms. The van der Waals surface area contributed by atoms with E-state index in [0.717, 1.165) is 28.3 Å². The summed E-state index contributed by atoms with van der Waals surface area (Å²) in [5.74, 6) is 1.59. The van der Waals surface area contributed by atoms with Gasteiger partial charge in [0.1, 0.15) is 11.6 Å². The Morgan fingerprint density at radius 1 is 1.14 bits per heavy atom. The quantitative estimate of drug-likeness (QED) is 0.298. The number of aliphatic hydroxyl groups is 1. The normalized spacial score (nSPS) is 12.7. The summed E-state index contributed by atoms with van der Waals surface area (Å²) in [6, 6.07) is 13.5. The molecular weight excluding hydrogens is 460 g/mol. The number of ether oxygens (including phenoxy) is 1. The number of ketones is 1. The van der Waals surface area contributed by atoms with Gasteiger partial charge in [0, 0.05) is 35.3 Å². The number of H-pyrrole nitrogens is 1. The summed E-state index contributed by atoms with van der Waals surface area (Å²) in [6.45, 7) is 12.4. The van der Waals surface area contributed by atoms with Crippen molar-refractivity contribution in [2.24, 2.45) is 5.92 Å². The van der Waals surface area contributed by atoms with E-state index in [2.05, 4.69) is 50.0 Å². The molecule has 1 aromatic heterocycles. The fourth-order valence-corrected chi connectivity index (χ4v) is 4.32. The van der Waals surface area contributed by atoms with Crippen molar-refractivity contribution in [2.75, 3.05) is 6.61 Å². The summed E-state index contributed by atoms with van der Waals surface area (Å²) in [6.07, 6.45) is 1.62. The number of carbonyl (C=O) groups excluding carboxylic acids is 1. The van der Waals surface area contributed by atoms with Gasteiger partial charge in [0.05, 0.1) is 16.8 Å². The number of aryl methyl sites for hydroxylation is 1. The Bertz CT molecular complexity index is 1140. The van der Waals surface area contributed by atoms with Gasteiger partial charge in [0.15, 0.2) is 5.78 Å². The number of benzene rings is 2. The largest absolute Gasteiger partial charge is 0.489 e. The minimum atomic E-state index is -0.0427. The van der Waals surface area contributed by atoms with Crippen molar-refractivity contribution >= 4 is 17.4 Å². The number of aromatic amines is 1. The third-order valence-corrected chi connectivity index (χ3v) is 6.27. The number of hydrogen-bond donors (Lipinski definition) is 2. The van der Waals surface area contributed by atoms with Crippen molar-refractivity contribution < 1.29 is 14.6 Å². The number of nitrogens with one attached hydrogen (secondary N) is 1. The molecule has 2 N–H and O–H groups in total. The Balaban J connectivity index is 1.70. The number of aliphatic hydroxyl groups excluding tert-OH is 1. The second-order valence-electron chi connectivity index (χ2n) is 10.5. The Morgan fingerprint density at radius 3 is 2.37 bits per heavy atom. The van der Waals surface area contributed by atoms with Crippen LogP contribution in [0.3, 0.4) is 0 Å². The van der Waals surface area contributed by atoms with E-state index in [-0.39, 0.29) is 29.8 Å². The van der Waals surface area contributed by atoms with Crippen molar-refractivity contribution in [2.45, 2.75) is 72.3 Å². The third-order valence-electron chi connectivity index (χ3n) is 5.97. The SMILES string of the molecule is Cc1[nH]c(C(C)(C)C)nc1-c1ccc(C[C@@H](CCO)CC(=O)c2ccc(OC(C)C)c(Cl)c2)cc1. The number of hydrogen-bond acceptors (Lipinski definition) is 4. The molecule has 0 radical (unpaired) electrons. The number of nitrogens with zero attached hydrogens (tertiary/aromatic N) is 1. The van der Waals surface area contributed by atoms with Gasteiger partial charge in [-0.15, -0.1) is 0 Å². The van der Waals surface area contributed by atoms with Gasteiger partial charge < -0.3 is 14.8 Å². The van der Waals surface area contributed by atoms with Crippen molar-refractivity contribution in [3.63, 3.8) is 0 Å². The van der Waals surface area contributed by atoms with Crippen molar-refractivity contribution in [3.8, 4) is 17.0 Å². The monoisotopic (exact) mass is 496 g/mol. The maximum atomic E-state index is 13.0. The molecule has 0 aliphatic rings. The lowest BCUT2D eigenvalue weighted by Gasteiger charge is -2.16. The van der Waals surface area contributed by atoms with E-state index < -0.39 is 0 Å². The lowest BCUT2D eigenvalue weighted by Crippen LogP contribution is -2.14. The number of carbonyl (C=O) groups is 1. The molecule has 6 heteroatoms. The highest BCUT2D eigenvalue weighted by Gasteiger charge is 2.21. The van der Waals surface area contributed by atoms with Crippen LogP contribution in [0.2, 0.25) is 5.02 Å². The van der Waals surface area contributed by atoms with Gasteiger partial charge in [-0.1, -0.05) is 56.6 Å². The second kappa shape index (κ2) is 11.4. The Labute approximate surface area is 213 Å². The summed E-state index contributed by atoms with van der Waals surface area (Å²) >= 11 is 6.32. The van der Waals surface area contributed by atoms with Gasteiger partial charge in [-0.3, -0.25) is 4.79 Å². The maximum absolute atomic E-state index is 13.0. The molecule has 3 rings (SSSR count). The van der Waals surface area contributed by atoms with Gasteiger partial charge in [-0.25, -0.2) is 4.98 Å². The van der Waals surface area contributed by atoms with Gasteiger partial charge >= 0.3 is 0 Å². The summed E-state index contributed by atoms with van der Waals surface area (Å²) in [5, 5.41) is 10.0. The van der Waals surface area contributed by atoms with Crippen LogP contribution in [-0.2, 0) is 11.8 Å². The molecular formula is C29H37ClN2O3. The molecule has 0 unspecified atom stereocenters. The molecule has 5 nitrogen and oxygen atoms in total. The average Bonchev–Trinajstić information content (AvgIpc) is 3.17. The Kier molecular flexibility index (Phi) is 8.79. The van der Waals surface area contributed by atoms with E-state index in [1.54, 1.807) is 18.2 Å². The number of Topliss-reactive ketones (excluding diaryl/α,β-unsaturated/α-hetero) is 1. The predicted molar refractivity (Wildman–Crippen MR) is 143 cm³/mol. The highest BCUT2D eigenvalue weighted by molar-refractivity contribution is 6.32. The molecule has 188 valence electrons. The first-order chi connectivity index (χ1) is 16.5. The van der Waals surface area contributed by atoms with E-state index in [9.17, 15) is 9.90 Å². The minimum absolute atomic E-state index is 0.00635. The van der Waals surface area contributed by atoms with E-state index in [4.69, 9.17) is 21.3 Å². The topological polar surface area (TPSA) is 75.2 Å². The van der Waals surface area contributed by atoms with E-state index >= 15 is 0 Å². The lowest BCUT2D eigenvalue weighted by atomic mass is 9.89. The maximum Gasteiger partial charge on any atom is 0.163 e. The fourth-order valence-electron chi connectivity index (χ4n) is 4.09. The molecule has 0 saturated carbocycles. The van der Waals surface area contributed by atoms with Gasteiger partial charge in [0.25, 0.3) is 0 Å². The van der Waals surface area contributed by atoms with Crippen molar-refractivity contribution in [1.82, 2.24) is 9.97 Å². The van der Waals surface area contributed by atoms with Crippen LogP contribution in [0.15, 0.2) is 42.5 Å². The molecule has 2 aromatic carbocycles. The lowest BCUT2D eigenvalue weighted by molar-refractivity contribution is 0.0953. The molecule has 0 bridgehead atoms. The molecule has 3 aromatic rings. The first kappa shape index (κ1) is 27.0. The van der Waals surface area contributed by atoms with Gasteiger partial charge in [0.2, 0.25) is 0 Å². The molecule has 1 atom stereocenters. The van der Waals surface area contributed by atoms with Crippen LogP contribution in [0.5, 0.6) is 5.75 Å². The summed E-state index contributed by atoms with van der Waals surface area (Å²) in [7, 11) is 0. The van der Waals surface area contributed by atoms with E-state index in [0.29, 0.717) is 35.6 Å². The summed E-state index contributed by atoms with van der Waals surface area (Å²) in [4.78, 5) is 21.2. The second-order valence-corrected chi connectivity index (χ2v) is 10.9. The molecule has 0 aliphatic heterocycles. The zero-order valence-corrected chi connectivity index (χ0v) is 22.4. The number of aromatic nitrogens is 2. The van der Waals surface area contributed by atoms with Crippen LogP contribution >= 0.6 is 11.6 Å². The standard InChI is InChI=1S/C29H37ClN2O3/c1-18(2)35-26-12-11-23(17-24(26)30)25(34)16-21(13-14-33)15-20-7-9-22(10-8-20)27-19(3)31-28(32-27)29(4,5)6/h7-12,17-18,21,33H,13-16H2,1-6H3,(H,31,32)/t21-/m1/s1. The van der Waals surface area contributed by atoms with Crippen LogP contribution in [0.25, 0.3) is 11.3 Å². The molecule has 1 heterocycles. The van der Waals surface area contributed by atoms with Crippen molar-refractivity contribution in [3.05, 3.63) is 70.1 Å². The summed E-state index contributed by atoms with van der Waals surface area (Å²) < 4.78 is 5.66. The molecule has 0 fully saturated rings. The highest BCUT2D eigenvalue weighted by atomic mass is 35.5. The van der Waals surface area contributed by atoms with Crippen molar-refractivity contribution in [1.29, 1.82) is 0 Å². The minimum Gasteiger partial charge on any atom is -0.489 e. The predicted octanol–water partition coefficient (Wildman–Crippen LogP) is 6.94. The zero-order chi connectivity index (χ0) is 25.8. The van der Waals surface area contributed by atoms with Crippen LogP contribution in [0.1, 0.15) is 74.9 Å².